The van der Waals surface area contributed by atoms with Crippen LogP contribution in [-0.4, -0.2) is 23.4 Å². The van der Waals surface area contributed by atoms with E-state index >= 15 is 0 Å². The predicted molar refractivity (Wildman–Crippen MR) is 58.9 cm³/mol. The van der Waals surface area contributed by atoms with Crippen LogP contribution in [-0.2, 0) is 0 Å². The van der Waals surface area contributed by atoms with Crippen molar-refractivity contribution in [3.05, 3.63) is 23.8 Å². The highest BCUT2D eigenvalue weighted by Gasteiger charge is 2.11. The maximum atomic E-state index is 11.5. The molecule has 0 aliphatic rings. The third kappa shape index (κ3) is 3.13. The first kappa shape index (κ1) is 11.9. The third-order valence-electron chi connectivity index (χ3n) is 1.90. The molecule has 3 nitrogen and oxygen atoms in total. The van der Waals surface area contributed by atoms with E-state index in [9.17, 15) is 9.90 Å². The van der Waals surface area contributed by atoms with Crippen molar-refractivity contribution in [1.29, 1.82) is 0 Å². The van der Waals surface area contributed by atoms with Gasteiger partial charge < -0.3 is 9.84 Å². The van der Waals surface area contributed by atoms with Gasteiger partial charge in [0.05, 0.1) is 12.2 Å². The number of carbonyl (C=O) groups excluding carboxylic acids is 1. The molecule has 0 saturated carbocycles. The van der Waals surface area contributed by atoms with Crippen LogP contribution in [0.3, 0.4) is 0 Å². The van der Waals surface area contributed by atoms with Crippen molar-refractivity contribution in [1.82, 2.24) is 0 Å². The molecule has 15 heavy (non-hydrogen) atoms. The summed E-state index contributed by atoms with van der Waals surface area (Å²) in [4.78, 5) is 11.5. The monoisotopic (exact) mass is 228 g/mol. The molecule has 1 rings (SSSR count). The molecule has 0 saturated heterocycles. The van der Waals surface area contributed by atoms with Crippen LogP contribution in [0.25, 0.3) is 0 Å². The molecule has 0 aliphatic heterocycles. The fourth-order valence-corrected chi connectivity index (χ4v) is 1.39. The Morgan fingerprint density at radius 1 is 1.53 bits per heavy atom. The highest BCUT2D eigenvalue weighted by molar-refractivity contribution is 6.19. The molecule has 0 radical (unpaired) electrons. The van der Waals surface area contributed by atoms with E-state index in [4.69, 9.17) is 16.3 Å². The zero-order valence-corrected chi connectivity index (χ0v) is 9.25. The van der Waals surface area contributed by atoms with Crippen LogP contribution >= 0.6 is 11.6 Å². The van der Waals surface area contributed by atoms with Gasteiger partial charge in [-0.2, -0.15) is 0 Å². The largest absolute Gasteiger partial charge is 0.507 e. The van der Waals surface area contributed by atoms with Crippen molar-refractivity contribution in [3.63, 3.8) is 0 Å². The molecule has 1 aromatic rings. The first-order valence-electron chi connectivity index (χ1n) is 4.74. The van der Waals surface area contributed by atoms with Crippen LogP contribution in [0.15, 0.2) is 18.2 Å². The number of alkyl halides is 1. The van der Waals surface area contributed by atoms with E-state index in [0.717, 1.165) is 0 Å². The quantitative estimate of drug-likeness (QED) is 0.623. The van der Waals surface area contributed by atoms with E-state index in [0.29, 0.717) is 12.4 Å². The molecule has 0 spiro atoms. The zero-order chi connectivity index (χ0) is 11.3. The minimum atomic E-state index is -0.177. The summed E-state index contributed by atoms with van der Waals surface area (Å²) in [6.07, 6.45) is 0.213. The van der Waals surface area contributed by atoms with E-state index in [2.05, 4.69) is 0 Å². The number of halogens is 1. The number of aromatic hydroxyl groups is 1. The van der Waals surface area contributed by atoms with Crippen LogP contribution in [0.2, 0.25) is 0 Å². The SMILES string of the molecule is CCOc1ccc(O)c(C(=O)CCCl)c1. The zero-order valence-electron chi connectivity index (χ0n) is 8.50. The highest BCUT2D eigenvalue weighted by atomic mass is 35.5. The van der Waals surface area contributed by atoms with E-state index in [-0.39, 0.29) is 29.4 Å². The van der Waals surface area contributed by atoms with Crippen molar-refractivity contribution < 1.29 is 14.6 Å². The first-order chi connectivity index (χ1) is 7.19. The molecule has 0 fully saturated rings. The van der Waals surface area contributed by atoms with Gasteiger partial charge in [0.15, 0.2) is 5.78 Å². The van der Waals surface area contributed by atoms with Crippen LogP contribution in [0.4, 0.5) is 0 Å². The summed E-state index contributed by atoms with van der Waals surface area (Å²) in [7, 11) is 0. The normalized spacial score (nSPS) is 10.0. The summed E-state index contributed by atoms with van der Waals surface area (Å²) < 4.78 is 5.23. The topological polar surface area (TPSA) is 46.5 Å². The van der Waals surface area contributed by atoms with Crippen molar-refractivity contribution in [2.75, 3.05) is 12.5 Å². The summed E-state index contributed by atoms with van der Waals surface area (Å²) in [5, 5.41) is 9.48. The average molecular weight is 229 g/mol. The maximum absolute atomic E-state index is 11.5. The van der Waals surface area contributed by atoms with Crippen LogP contribution in [0.1, 0.15) is 23.7 Å². The predicted octanol–water partition coefficient (Wildman–Crippen LogP) is 2.60. The lowest BCUT2D eigenvalue weighted by Gasteiger charge is -2.06. The lowest BCUT2D eigenvalue weighted by atomic mass is 10.1. The van der Waals surface area contributed by atoms with Gasteiger partial charge in [-0.3, -0.25) is 4.79 Å². The van der Waals surface area contributed by atoms with Crippen molar-refractivity contribution in [2.45, 2.75) is 13.3 Å². The fraction of sp³-hybridized carbons (Fsp3) is 0.364. The summed E-state index contributed by atoms with van der Waals surface area (Å²) in [6, 6.07) is 4.61. The van der Waals surface area contributed by atoms with Gasteiger partial charge in [0, 0.05) is 12.3 Å². The lowest BCUT2D eigenvalue weighted by molar-refractivity contribution is 0.0986. The second-order valence-corrected chi connectivity index (χ2v) is 3.35. The minimum absolute atomic E-state index is 0.0337. The maximum Gasteiger partial charge on any atom is 0.167 e. The molecule has 0 atom stereocenters. The summed E-state index contributed by atoms with van der Waals surface area (Å²) in [6.45, 7) is 2.38. The summed E-state index contributed by atoms with van der Waals surface area (Å²) >= 11 is 5.47. The molecule has 82 valence electrons. The Labute approximate surface area is 93.6 Å². The van der Waals surface area contributed by atoms with Gasteiger partial charge in [-0.15, -0.1) is 11.6 Å². The van der Waals surface area contributed by atoms with Gasteiger partial charge in [0.2, 0.25) is 0 Å². The van der Waals surface area contributed by atoms with Crippen molar-refractivity contribution >= 4 is 17.4 Å². The number of Topliss-reactive ketones (excluding diaryl/α,β-unsaturated/α-hetero) is 1. The van der Waals surface area contributed by atoms with Crippen molar-refractivity contribution in [3.8, 4) is 11.5 Å². The van der Waals surface area contributed by atoms with E-state index in [1.54, 1.807) is 6.07 Å². The minimum Gasteiger partial charge on any atom is -0.507 e. The fourth-order valence-electron chi connectivity index (χ4n) is 1.22. The molecule has 0 unspecified atom stereocenters. The van der Waals surface area contributed by atoms with Gasteiger partial charge in [-0.1, -0.05) is 0 Å². The lowest BCUT2D eigenvalue weighted by Crippen LogP contribution is -2.01. The summed E-state index contributed by atoms with van der Waals surface area (Å²) in [5.74, 6) is 0.614. The van der Waals surface area contributed by atoms with Gasteiger partial charge in [-0.05, 0) is 25.1 Å². The molecule has 1 aromatic carbocycles. The average Bonchev–Trinajstić information content (AvgIpc) is 2.21. The molecule has 4 heteroatoms. The smallest absolute Gasteiger partial charge is 0.167 e. The molecule has 0 heterocycles. The van der Waals surface area contributed by atoms with Gasteiger partial charge in [0.1, 0.15) is 11.5 Å². The standard InChI is InChI=1S/C11H13ClO3/c1-2-15-8-3-4-10(13)9(7-8)11(14)5-6-12/h3-4,7,13H,2,5-6H2,1H3. The Bertz CT molecular complexity index is 350. The molecule has 0 aromatic heterocycles. The van der Waals surface area contributed by atoms with Crippen LogP contribution in [0.5, 0.6) is 11.5 Å². The van der Waals surface area contributed by atoms with Gasteiger partial charge >= 0.3 is 0 Å². The van der Waals surface area contributed by atoms with E-state index in [1.807, 2.05) is 6.92 Å². The number of hydrogen-bond donors (Lipinski definition) is 1. The van der Waals surface area contributed by atoms with Crippen LogP contribution in [0, 0.1) is 0 Å². The number of hydrogen-bond acceptors (Lipinski definition) is 3. The molecule has 0 amide bonds. The van der Waals surface area contributed by atoms with E-state index in [1.165, 1.54) is 12.1 Å². The molecular formula is C11H13ClO3. The Kier molecular flexibility index (Phi) is 4.43. The number of ketones is 1. The number of phenolic OH excluding ortho intramolecular Hbond substituents is 1. The number of carbonyl (C=O) groups is 1. The van der Waals surface area contributed by atoms with Gasteiger partial charge in [0.25, 0.3) is 0 Å². The summed E-state index contributed by atoms with van der Waals surface area (Å²) in [5.41, 5.74) is 0.265. The second-order valence-electron chi connectivity index (χ2n) is 2.97. The molecule has 1 N–H and O–H groups in total. The Morgan fingerprint density at radius 2 is 2.27 bits per heavy atom. The molecule has 0 bridgehead atoms. The second kappa shape index (κ2) is 5.61. The van der Waals surface area contributed by atoms with Crippen LogP contribution < -0.4 is 4.74 Å². The third-order valence-corrected chi connectivity index (χ3v) is 2.09. The Morgan fingerprint density at radius 3 is 2.87 bits per heavy atom. The molecular weight excluding hydrogens is 216 g/mol. The number of phenols is 1. The first-order valence-corrected chi connectivity index (χ1v) is 5.27. The number of benzene rings is 1. The highest BCUT2D eigenvalue weighted by Crippen LogP contribution is 2.24. The van der Waals surface area contributed by atoms with Crippen molar-refractivity contribution in [2.24, 2.45) is 0 Å². The Hall–Kier alpha value is -1.22. The number of rotatable bonds is 5. The number of ether oxygens (including phenoxy) is 1. The van der Waals surface area contributed by atoms with Gasteiger partial charge in [-0.25, -0.2) is 0 Å². The Balaban J connectivity index is 2.94. The molecule has 0 aliphatic carbocycles. The van der Waals surface area contributed by atoms with E-state index < -0.39 is 0 Å².